The first kappa shape index (κ1) is 25.1. The van der Waals surface area contributed by atoms with E-state index in [2.05, 4.69) is 29.2 Å². The van der Waals surface area contributed by atoms with Crippen LogP contribution in [0.25, 0.3) is 0 Å². The zero-order chi connectivity index (χ0) is 25.8. The Kier molecular flexibility index (Phi) is 7.63. The highest BCUT2D eigenvalue weighted by atomic mass is 32.2. The van der Waals surface area contributed by atoms with Gasteiger partial charge in [0.2, 0.25) is 0 Å². The molecule has 0 aliphatic carbocycles. The molecule has 2 heterocycles. The van der Waals surface area contributed by atoms with E-state index in [0.29, 0.717) is 28.6 Å². The molecule has 5 rings (SSSR count). The van der Waals surface area contributed by atoms with Crippen molar-refractivity contribution in [2.24, 2.45) is 0 Å². The summed E-state index contributed by atoms with van der Waals surface area (Å²) in [5, 5.41) is 0. The summed E-state index contributed by atoms with van der Waals surface area (Å²) in [6, 6.07) is 25.7. The van der Waals surface area contributed by atoms with E-state index in [1.54, 1.807) is 24.3 Å². The Labute approximate surface area is 222 Å². The van der Waals surface area contributed by atoms with Crippen LogP contribution in [0.5, 0.6) is 5.75 Å². The van der Waals surface area contributed by atoms with Crippen molar-refractivity contribution in [3.05, 3.63) is 101 Å². The van der Waals surface area contributed by atoms with Crippen molar-refractivity contribution in [2.45, 2.75) is 25.3 Å². The Morgan fingerprint density at radius 1 is 0.865 bits per heavy atom. The van der Waals surface area contributed by atoms with E-state index in [4.69, 9.17) is 4.74 Å². The smallest absolute Gasteiger partial charge is 0.283 e. The highest BCUT2D eigenvalue weighted by Crippen LogP contribution is 2.39. The molecule has 7 heteroatoms. The maximum atomic E-state index is 13.8. The van der Waals surface area contributed by atoms with E-state index < -0.39 is 0 Å². The number of piperazine rings is 1. The standard InChI is InChI=1S/C30H31N3O3S/c1-3-36-25-13-11-24(12-14-25)33-29(34)27(28(30(33)35)37-26-15-9-22(2)10-16-26)32-19-17-31(18-20-32)21-23-7-5-4-6-8-23/h4-16H,3,17-21H2,1-2H3/p+1. The van der Waals surface area contributed by atoms with Crippen molar-refractivity contribution in [1.29, 1.82) is 0 Å². The number of imide groups is 1. The summed E-state index contributed by atoms with van der Waals surface area (Å²) in [6.45, 7) is 8.75. The van der Waals surface area contributed by atoms with E-state index in [9.17, 15) is 9.59 Å². The van der Waals surface area contributed by atoms with Crippen LogP contribution in [0, 0.1) is 6.92 Å². The molecule has 2 amide bonds. The predicted molar refractivity (Wildman–Crippen MR) is 147 cm³/mol. The molecule has 37 heavy (non-hydrogen) atoms. The lowest BCUT2D eigenvalue weighted by atomic mass is 10.2. The maximum absolute atomic E-state index is 13.8. The van der Waals surface area contributed by atoms with Crippen LogP contribution in [-0.2, 0) is 16.1 Å². The zero-order valence-electron chi connectivity index (χ0n) is 21.3. The van der Waals surface area contributed by atoms with Gasteiger partial charge in [-0.2, -0.15) is 0 Å². The number of hydrogen-bond donors (Lipinski definition) is 1. The molecule has 2 aliphatic rings. The van der Waals surface area contributed by atoms with Gasteiger partial charge in [0.15, 0.2) is 0 Å². The number of aryl methyl sites for hydroxylation is 1. The largest absolute Gasteiger partial charge is 0.494 e. The molecule has 0 aromatic heterocycles. The molecule has 1 fully saturated rings. The molecule has 0 spiro atoms. The lowest BCUT2D eigenvalue weighted by Gasteiger charge is -2.34. The van der Waals surface area contributed by atoms with Crippen molar-refractivity contribution < 1.29 is 19.2 Å². The molecule has 0 radical (unpaired) electrons. The third-order valence-corrected chi connectivity index (χ3v) is 7.83. The summed E-state index contributed by atoms with van der Waals surface area (Å²) >= 11 is 1.38. The van der Waals surface area contributed by atoms with Crippen LogP contribution in [0.2, 0.25) is 0 Å². The van der Waals surface area contributed by atoms with E-state index >= 15 is 0 Å². The zero-order valence-corrected chi connectivity index (χ0v) is 22.1. The molecule has 0 bridgehead atoms. The molecule has 1 N–H and O–H groups in total. The number of carbonyl (C=O) groups is 2. The van der Waals surface area contributed by atoms with Gasteiger partial charge in [0, 0.05) is 10.5 Å². The fraction of sp³-hybridized carbons (Fsp3) is 0.267. The lowest BCUT2D eigenvalue weighted by Crippen LogP contribution is -3.13. The Balaban J connectivity index is 1.39. The lowest BCUT2D eigenvalue weighted by molar-refractivity contribution is -0.917. The number of benzene rings is 3. The van der Waals surface area contributed by atoms with Gasteiger partial charge in [-0.1, -0.05) is 59.8 Å². The van der Waals surface area contributed by atoms with Gasteiger partial charge in [0.1, 0.15) is 22.9 Å². The highest BCUT2D eigenvalue weighted by Gasteiger charge is 2.43. The van der Waals surface area contributed by atoms with Crippen LogP contribution in [0.3, 0.4) is 0 Å². The van der Waals surface area contributed by atoms with E-state index in [1.807, 2.05) is 44.2 Å². The second-order valence-electron chi connectivity index (χ2n) is 9.36. The highest BCUT2D eigenvalue weighted by molar-refractivity contribution is 8.04. The maximum Gasteiger partial charge on any atom is 0.283 e. The van der Waals surface area contributed by atoms with Crippen LogP contribution in [0.4, 0.5) is 5.69 Å². The fourth-order valence-corrected chi connectivity index (χ4v) is 5.79. The summed E-state index contributed by atoms with van der Waals surface area (Å²) in [5.74, 6) is 0.189. The predicted octanol–water partition coefficient (Wildman–Crippen LogP) is 3.67. The number of nitrogens with zero attached hydrogens (tertiary/aromatic N) is 2. The van der Waals surface area contributed by atoms with Gasteiger partial charge < -0.3 is 14.5 Å². The van der Waals surface area contributed by atoms with Crippen molar-refractivity contribution in [3.63, 3.8) is 0 Å². The molecule has 3 aromatic carbocycles. The number of ether oxygens (including phenoxy) is 1. The summed E-state index contributed by atoms with van der Waals surface area (Å²) in [6.07, 6.45) is 0. The number of rotatable bonds is 8. The minimum absolute atomic E-state index is 0.254. The van der Waals surface area contributed by atoms with Crippen molar-refractivity contribution in [2.75, 3.05) is 37.7 Å². The number of thioether (sulfide) groups is 1. The van der Waals surface area contributed by atoms with Gasteiger partial charge >= 0.3 is 0 Å². The van der Waals surface area contributed by atoms with Gasteiger partial charge in [-0.05, 0) is 50.2 Å². The second-order valence-corrected chi connectivity index (χ2v) is 10.4. The SMILES string of the molecule is CCOc1ccc(N2C(=O)C(Sc3ccc(C)cc3)=C(N3CC[NH+](Cc4ccccc4)CC3)C2=O)cc1. The minimum atomic E-state index is -0.270. The van der Waals surface area contributed by atoms with Gasteiger partial charge in [-0.15, -0.1) is 0 Å². The normalized spacial score (nSPS) is 16.6. The first-order valence-electron chi connectivity index (χ1n) is 12.8. The third-order valence-electron chi connectivity index (χ3n) is 6.75. The number of carbonyl (C=O) groups excluding carboxylic acids is 2. The molecular formula is C30H32N3O3S+. The molecule has 190 valence electrons. The molecule has 0 unspecified atom stereocenters. The van der Waals surface area contributed by atoms with Crippen LogP contribution < -0.4 is 14.5 Å². The molecular weight excluding hydrogens is 482 g/mol. The topological polar surface area (TPSA) is 54.3 Å². The molecule has 1 saturated heterocycles. The third kappa shape index (κ3) is 5.58. The van der Waals surface area contributed by atoms with Gasteiger partial charge in [0.25, 0.3) is 11.8 Å². The Bertz CT molecular complexity index is 1280. The van der Waals surface area contributed by atoms with Gasteiger partial charge in [0.05, 0.1) is 38.5 Å². The minimum Gasteiger partial charge on any atom is -0.494 e. The summed E-state index contributed by atoms with van der Waals surface area (Å²) < 4.78 is 5.54. The summed E-state index contributed by atoms with van der Waals surface area (Å²) in [4.78, 5) is 33.9. The summed E-state index contributed by atoms with van der Waals surface area (Å²) in [5.41, 5.74) is 3.54. The molecule has 0 atom stereocenters. The van der Waals surface area contributed by atoms with Crippen molar-refractivity contribution in [3.8, 4) is 5.75 Å². The van der Waals surface area contributed by atoms with E-state index in [-0.39, 0.29) is 11.8 Å². The molecule has 3 aromatic rings. The Morgan fingerprint density at radius 2 is 1.54 bits per heavy atom. The van der Waals surface area contributed by atoms with E-state index in [0.717, 1.165) is 43.2 Å². The average Bonchev–Trinajstić information content (AvgIpc) is 3.16. The Hall–Kier alpha value is -3.55. The summed E-state index contributed by atoms with van der Waals surface area (Å²) in [7, 11) is 0. The quantitative estimate of drug-likeness (QED) is 0.465. The van der Waals surface area contributed by atoms with E-state index in [1.165, 1.54) is 27.1 Å². The van der Waals surface area contributed by atoms with Crippen LogP contribution >= 0.6 is 11.8 Å². The van der Waals surface area contributed by atoms with Gasteiger partial charge in [-0.3, -0.25) is 9.59 Å². The van der Waals surface area contributed by atoms with Crippen molar-refractivity contribution >= 4 is 29.3 Å². The fourth-order valence-electron chi connectivity index (χ4n) is 4.79. The Morgan fingerprint density at radius 3 is 2.19 bits per heavy atom. The molecule has 6 nitrogen and oxygen atoms in total. The number of amides is 2. The molecule has 2 aliphatic heterocycles. The number of hydrogen-bond acceptors (Lipinski definition) is 5. The first-order chi connectivity index (χ1) is 18.0. The molecule has 0 saturated carbocycles. The average molecular weight is 515 g/mol. The van der Waals surface area contributed by atoms with Crippen LogP contribution in [0.1, 0.15) is 18.1 Å². The number of anilines is 1. The van der Waals surface area contributed by atoms with Crippen molar-refractivity contribution in [1.82, 2.24) is 4.90 Å². The number of nitrogens with one attached hydrogen (secondary N) is 1. The second kappa shape index (κ2) is 11.2. The van der Waals surface area contributed by atoms with Crippen LogP contribution in [0.15, 0.2) is 94.4 Å². The van der Waals surface area contributed by atoms with Gasteiger partial charge in [-0.25, -0.2) is 4.90 Å². The monoisotopic (exact) mass is 514 g/mol. The van der Waals surface area contributed by atoms with Crippen LogP contribution in [-0.4, -0.2) is 49.5 Å². The number of quaternary nitrogens is 1. The first-order valence-corrected chi connectivity index (χ1v) is 13.6.